The summed E-state index contributed by atoms with van der Waals surface area (Å²) in [4.78, 5) is 5.73. The third kappa shape index (κ3) is 3.20. The van der Waals surface area contributed by atoms with Crippen molar-refractivity contribution in [2.45, 2.75) is 26.8 Å². The fourth-order valence-corrected chi connectivity index (χ4v) is 3.24. The molecule has 3 aromatic rings. The number of thiazole rings is 1. The van der Waals surface area contributed by atoms with E-state index in [1.807, 2.05) is 30.9 Å². The van der Waals surface area contributed by atoms with E-state index < -0.39 is 0 Å². The van der Waals surface area contributed by atoms with E-state index in [-0.39, 0.29) is 0 Å². The second kappa shape index (κ2) is 6.32. The molecule has 22 heavy (non-hydrogen) atoms. The van der Waals surface area contributed by atoms with Gasteiger partial charge >= 0.3 is 0 Å². The van der Waals surface area contributed by atoms with Crippen molar-refractivity contribution in [3.63, 3.8) is 0 Å². The first-order valence-electron chi connectivity index (χ1n) is 7.45. The minimum atomic E-state index is 0.790. The molecule has 0 saturated carbocycles. The van der Waals surface area contributed by atoms with Crippen LogP contribution < -0.4 is 5.32 Å². The van der Waals surface area contributed by atoms with Gasteiger partial charge in [0.2, 0.25) is 0 Å². The van der Waals surface area contributed by atoms with Gasteiger partial charge in [0.1, 0.15) is 5.69 Å². The van der Waals surface area contributed by atoms with Crippen molar-refractivity contribution < 1.29 is 0 Å². The van der Waals surface area contributed by atoms with Crippen LogP contribution in [0.4, 0.5) is 5.13 Å². The Kier molecular flexibility index (Phi) is 4.24. The van der Waals surface area contributed by atoms with Crippen molar-refractivity contribution in [2.24, 2.45) is 7.05 Å². The molecule has 1 aromatic carbocycles. The molecule has 0 saturated heterocycles. The molecule has 114 valence electrons. The normalized spacial score (nSPS) is 10.9. The Bertz CT molecular complexity index is 755. The number of aromatic nitrogens is 3. The minimum absolute atomic E-state index is 0.790. The summed E-state index contributed by atoms with van der Waals surface area (Å²) in [5.41, 5.74) is 4.64. The maximum Gasteiger partial charge on any atom is 0.183 e. The molecule has 2 aromatic heterocycles. The maximum atomic E-state index is 4.60. The molecule has 0 bridgehead atoms. The first-order chi connectivity index (χ1) is 10.7. The average molecular weight is 312 g/mol. The molecule has 0 aliphatic carbocycles. The first-order valence-corrected chi connectivity index (χ1v) is 8.26. The number of hydrogen-bond acceptors (Lipinski definition) is 4. The fraction of sp³-hybridized carbons (Fsp3) is 0.294. The summed E-state index contributed by atoms with van der Waals surface area (Å²) in [6.45, 7) is 4.99. The zero-order valence-electron chi connectivity index (χ0n) is 13.1. The van der Waals surface area contributed by atoms with Gasteiger partial charge in [-0.2, -0.15) is 5.10 Å². The van der Waals surface area contributed by atoms with Gasteiger partial charge < -0.3 is 5.32 Å². The highest BCUT2D eigenvalue weighted by atomic mass is 32.1. The number of anilines is 1. The molecule has 0 radical (unpaired) electrons. The van der Waals surface area contributed by atoms with Gasteiger partial charge in [-0.05, 0) is 30.5 Å². The van der Waals surface area contributed by atoms with E-state index in [9.17, 15) is 0 Å². The van der Waals surface area contributed by atoms with Crippen LogP contribution in [0.2, 0.25) is 0 Å². The summed E-state index contributed by atoms with van der Waals surface area (Å²) >= 11 is 1.65. The van der Waals surface area contributed by atoms with Gasteiger partial charge in [0.15, 0.2) is 5.13 Å². The molecule has 0 aliphatic rings. The molecule has 0 amide bonds. The molecule has 4 nitrogen and oxygen atoms in total. The van der Waals surface area contributed by atoms with Crippen LogP contribution in [0.25, 0.3) is 10.6 Å². The maximum absolute atomic E-state index is 4.60. The lowest BCUT2D eigenvalue weighted by atomic mass is 10.1. The van der Waals surface area contributed by atoms with Crippen LogP contribution in [0.15, 0.2) is 36.5 Å². The Labute approximate surface area is 134 Å². The molecule has 1 N–H and O–H groups in total. The fourth-order valence-electron chi connectivity index (χ4n) is 2.32. The third-order valence-corrected chi connectivity index (χ3v) is 4.76. The lowest BCUT2D eigenvalue weighted by Crippen LogP contribution is -1.98. The number of nitrogens with one attached hydrogen (secondary N) is 1. The molecule has 2 heterocycles. The smallest absolute Gasteiger partial charge is 0.183 e. The zero-order chi connectivity index (χ0) is 15.5. The van der Waals surface area contributed by atoms with Crippen molar-refractivity contribution in [2.75, 3.05) is 5.32 Å². The van der Waals surface area contributed by atoms with E-state index >= 15 is 0 Å². The highest BCUT2D eigenvalue weighted by Crippen LogP contribution is 2.31. The highest BCUT2D eigenvalue weighted by Gasteiger charge is 2.11. The van der Waals surface area contributed by atoms with Crippen molar-refractivity contribution >= 4 is 16.5 Å². The summed E-state index contributed by atoms with van der Waals surface area (Å²) in [5.74, 6) is 0. The second-order valence-electron chi connectivity index (χ2n) is 5.33. The van der Waals surface area contributed by atoms with Crippen molar-refractivity contribution in [3.05, 3.63) is 53.3 Å². The van der Waals surface area contributed by atoms with Gasteiger partial charge in [0.25, 0.3) is 0 Å². The quantitative estimate of drug-likeness (QED) is 0.773. The Morgan fingerprint density at radius 3 is 2.50 bits per heavy atom. The lowest BCUT2D eigenvalue weighted by molar-refractivity contribution is 0.771. The lowest BCUT2D eigenvalue weighted by Gasteiger charge is -2.03. The number of benzene rings is 1. The first kappa shape index (κ1) is 14.8. The molecule has 0 spiro atoms. The monoisotopic (exact) mass is 312 g/mol. The molecular formula is C17H20N4S. The molecule has 0 aliphatic heterocycles. The van der Waals surface area contributed by atoms with Gasteiger partial charge in [0, 0.05) is 19.8 Å². The van der Waals surface area contributed by atoms with Crippen molar-refractivity contribution in [1.29, 1.82) is 0 Å². The summed E-state index contributed by atoms with van der Waals surface area (Å²) in [7, 11) is 1.93. The van der Waals surface area contributed by atoms with Crippen LogP contribution in [-0.2, 0) is 20.0 Å². The predicted octanol–water partition coefficient (Wildman–Crippen LogP) is 4.03. The van der Waals surface area contributed by atoms with Gasteiger partial charge in [-0.25, -0.2) is 4.98 Å². The summed E-state index contributed by atoms with van der Waals surface area (Å²) in [6.07, 6.45) is 3.03. The van der Waals surface area contributed by atoms with Gasteiger partial charge in [0.05, 0.1) is 10.6 Å². The number of nitrogens with zero attached hydrogens (tertiary/aromatic N) is 3. The molecule has 0 unspecified atom stereocenters. The molecule has 0 fully saturated rings. The second-order valence-corrected chi connectivity index (χ2v) is 6.33. The van der Waals surface area contributed by atoms with Crippen LogP contribution in [-0.4, -0.2) is 14.8 Å². The van der Waals surface area contributed by atoms with Crippen LogP contribution >= 0.6 is 11.3 Å². The zero-order valence-corrected chi connectivity index (χ0v) is 13.9. The van der Waals surface area contributed by atoms with Crippen molar-refractivity contribution in [1.82, 2.24) is 14.8 Å². The topological polar surface area (TPSA) is 42.7 Å². The summed E-state index contributed by atoms with van der Waals surface area (Å²) < 4.78 is 1.82. The van der Waals surface area contributed by atoms with Crippen LogP contribution in [0.5, 0.6) is 0 Å². The van der Waals surface area contributed by atoms with E-state index in [0.717, 1.165) is 34.4 Å². The largest absolute Gasteiger partial charge is 0.357 e. The minimum Gasteiger partial charge on any atom is -0.357 e. The molecule has 3 rings (SSSR count). The highest BCUT2D eigenvalue weighted by molar-refractivity contribution is 7.19. The van der Waals surface area contributed by atoms with Crippen LogP contribution in [0, 0.1) is 6.92 Å². The average Bonchev–Trinajstić information content (AvgIpc) is 3.11. The van der Waals surface area contributed by atoms with Gasteiger partial charge in [-0.1, -0.05) is 42.5 Å². The van der Waals surface area contributed by atoms with Gasteiger partial charge in [-0.15, -0.1) is 0 Å². The van der Waals surface area contributed by atoms with Crippen LogP contribution in [0.3, 0.4) is 0 Å². The summed E-state index contributed by atoms with van der Waals surface area (Å²) in [5, 5.41) is 8.80. The Balaban J connectivity index is 1.70. The molecule has 5 heteroatoms. The predicted molar refractivity (Wildman–Crippen MR) is 92.2 cm³/mol. The Hall–Kier alpha value is -2.14. The van der Waals surface area contributed by atoms with Gasteiger partial charge in [-0.3, -0.25) is 4.68 Å². The molecule has 0 atom stereocenters. The van der Waals surface area contributed by atoms with Crippen molar-refractivity contribution in [3.8, 4) is 10.6 Å². The van der Waals surface area contributed by atoms with E-state index in [1.165, 1.54) is 11.1 Å². The Morgan fingerprint density at radius 2 is 1.86 bits per heavy atom. The Morgan fingerprint density at radius 1 is 1.14 bits per heavy atom. The number of aryl methyl sites for hydroxylation is 3. The number of hydrogen-bond donors (Lipinski definition) is 1. The van der Waals surface area contributed by atoms with Crippen LogP contribution in [0.1, 0.15) is 23.7 Å². The van der Waals surface area contributed by atoms with E-state index in [4.69, 9.17) is 0 Å². The third-order valence-electron chi connectivity index (χ3n) is 3.62. The van der Waals surface area contributed by atoms with E-state index in [0.29, 0.717) is 0 Å². The van der Waals surface area contributed by atoms with E-state index in [1.54, 1.807) is 11.3 Å². The van der Waals surface area contributed by atoms with E-state index in [2.05, 4.69) is 46.6 Å². The SMILES string of the molecule is CCc1ccc(CNc2nc(C)c(-c3ccn(C)n3)s2)cc1. The standard InChI is InChI=1S/C17H20N4S/c1-4-13-5-7-14(8-6-13)11-18-17-19-12(2)16(22-17)15-9-10-21(3)20-15/h5-10H,4,11H2,1-3H3,(H,18,19). The summed E-state index contributed by atoms with van der Waals surface area (Å²) in [6, 6.07) is 10.7. The molecular weight excluding hydrogens is 292 g/mol. The number of rotatable bonds is 5.